The van der Waals surface area contributed by atoms with E-state index in [-0.39, 0.29) is 12.0 Å². The summed E-state index contributed by atoms with van der Waals surface area (Å²) >= 11 is 6.08. The summed E-state index contributed by atoms with van der Waals surface area (Å²) in [6, 6.07) is 20.2. The SMILES string of the molecule is CC1(CO)Cc2ccc(C(C(=O)O)(c3ccccc3)c3ccc(Cl)cc3)n2C1. The van der Waals surface area contributed by atoms with Gasteiger partial charge in [-0.1, -0.05) is 61.0 Å². The second-order valence-corrected chi connectivity index (χ2v) is 8.31. The van der Waals surface area contributed by atoms with Crippen LogP contribution in [0.1, 0.15) is 29.4 Å². The highest BCUT2D eigenvalue weighted by Gasteiger charge is 2.48. The molecule has 3 aromatic rings. The summed E-state index contributed by atoms with van der Waals surface area (Å²) in [5.74, 6) is -0.945. The number of aliphatic hydroxyl groups excluding tert-OH is 1. The molecule has 0 fully saturated rings. The quantitative estimate of drug-likeness (QED) is 0.683. The number of aliphatic carboxylic acids is 1. The predicted molar refractivity (Wildman–Crippen MR) is 109 cm³/mol. The van der Waals surface area contributed by atoms with Gasteiger partial charge in [0, 0.05) is 28.4 Å². The number of nitrogens with zero attached hydrogens (tertiary/aromatic N) is 1. The van der Waals surface area contributed by atoms with Crippen molar-refractivity contribution in [3.63, 3.8) is 0 Å². The molecule has 2 N–H and O–H groups in total. The van der Waals surface area contributed by atoms with Gasteiger partial charge >= 0.3 is 5.97 Å². The van der Waals surface area contributed by atoms with Gasteiger partial charge in [-0.25, -0.2) is 0 Å². The molecule has 0 bridgehead atoms. The Hall–Kier alpha value is -2.56. The molecule has 0 aliphatic carbocycles. The fourth-order valence-corrected chi connectivity index (χ4v) is 4.49. The van der Waals surface area contributed by atoms with Gasteiger partial charge in [-0.2, -0.15) is 0 Å². The molecule has 0 radical (unpaired) electrons. The molecular weight excluding hydrogens is 374 g/mol. The van der Waals surface area contributed by atoms with E-state index in [2.05, 4.69) is 4.57 Å². The molecular formula is C23H22ClNO3. The van der Waals surface area contributed by atoms with Crippen LogP contribution in [-0.4, -0.2) is 27.4 Å². The summed E-state index contributed by atoms with van der Waals surface area (Å²) in [7, 11) is 0. The van der Waals surface area contributed by atoms with Crippen LogP contribution < -0.4 is 0 Å². The number of fused-ring (bicyclic) bond motifs is 1. The number of carbonyl (C=O) groups is 1. The van der Waals surface area contributed by atoms with E-state index in [1.807, 2.05) is 49.4 Å². The zero-order chi connectivity index (χ0) is 19.9. The summed E-state index contributed by atoms with van der Waals surface area (Å²) in [6.45, 7) is 2.66. The van der Waals surface area contributed by atoms with Gasteiger partial charge in [0.15, 0.2) is 5.41 Å². The zero-order valence-electron chi connectivity index (χ0n) is 15.6. The van der Waals surface area contributed by atoms with Gasteiger partial charge in [0.2, 0.25) is 0 Å². The first kappa shape index (κ1) is 18.8. The molecule has 2 aromatic carbocycles. The number of carboxylic acids is 1. The Bertz CT molecular complexity index is 1010. The Morgan fingerprint density at radius 2 is 1.71 bits per heavy atom. The lowest BCUT2D eigenvalue weighted by molar-refractivity contribution is -0.140. The van der Waals surface area contributed by atoms with Crippen molar-refractivity contribution >= 4 is 17.6 Å². The molecule has 2 unspecified atom stereocenters. The normalized spacial score (nSPS) is 20.5. The summed E-state index contributed by atoms with van der Waals surface area (Å²) < 4.78 is 2.06. The minimum absolute atomic E-state index is 0.0560. The van der Waals surface area contributed by atoms with Crippen molar-refractivity contribution in [3.05, 3.63) is 94.3 Å². The van der Waals surface area contributed by atoms with Crippen molar-refractivity contribution in [1.82, 2.24) is 4.57 Å². The average Bonchev–Trinajstić information content (AvgIpc) is 3.22. The summed E-state index contributed by atoms with van der Waals surface area (Å²) in [5.41, 5.74) is 1.41. The van der Waals surface area contributed by atoms with Crippen molar-refractivity contribution in [2.24, 2.45) is 5.41 Å². The smallest absolute Gasteiger partial charge is 0.324 e. The first-order chi connectivity index (χ1) is 13.4. The summed E-state index contributed by atoms with van der Waals surface area (Å²) in [5, 5.41) is 21.0. The van der Waals surface area contributed by atoms with E-state index in [9.17, 15) is 15.0 Å². The van der Waals surface area contributed by atoms with Crippen molar-refractivity contribution in [1.29, 1.82) is 0 Å². The minimum Gasteiger partial charge on any atom is -0.480 e. The number of halogens is 1. The molecule has 28 heavy (non-hydrogen) atoms. The highest BCUT2D eigenvalue weighted by atomic mass is 35.5. The van der Waals surface area contributed by atoms with Crippen molar-refractivity contribution in [2.45, 2.75) is 25.3 Å². The van der Waals surface area contributed by atoms with Crippen LogP contribution in [0.2, 0.25) is 5.02 Å². The molecule has 5 heteroatoms. The van der Waals surface area contributed by atoms with Gasteiger partial charge in [-0.3, -0.25) is 4.79 Å². The number of hydrogen-bond acceptors (Lipinski definition) is 2. The third-order valence-corrected chi connectivity index (χ3v) is 6.04. The lowest BCUT2D eigenvalue weighted by Gasteiger charge is -2.33. The topological polar surface area (TPSA) is 62.5 Å². The summed E-state index contributed by atoms with van der Waals surface area (Å²) in [4.78, 5) is 12.9. The van der Waals surface area contributed by atoms with E-state index in [0.29, 0.717) is 34.8 Å². The van der Waals surface area contributed by atoms with Gasteiger partial charge in [0.1, 0.15) is 0 Å². The van der Waals surface area contributed by atoms with Crippen molar-refractivity contribution < 1.29 is 15.0 Å². The number of aromatic nitrogens is 1. The maximum absolute atomic E-state index is 12.9. The van der Waals surface area contributed by atoms with Crippen LogP contribution in [0.4, 0.5) is 0 Å². The van der Waals surface area contributed by atoms with Crippen LogP contribution in [0.5, 0.6) is 0 Å². The van der Waals surface area contributed by atoms with E-state index < -0.39 is 11.4 Å². The molecule has 4 rings (SSSR count). The van der Waals surface area contributed by atoms with Crippen LogP contribution in [0.25, 0.3) is 0 Å². The van der Waals surface area contributed by atoms with Crippen LogP contribution in [0.15, 0.2) is 66.7 Å². The summed E-state index contributed by atoms with van der Waals surface area (Å²) in [6.07, 6.45) is 0.717. The zero-order valence-corrected chi connectivity index (χ0v) is 16.4. The first-order valence-electron chi connectivity index (χ1n) is 9.25. The van der Waals surface area contributed by atoms with Gasteiger partial charge < -0.3 is 14.8 Å². The second-order valence-electron chi connectivity index (χ2n) is 7.87. The number of benzene rings is 2. The fourth-order valence-electron chi connectivity index (χ4n) is 4.37. The molecule has 144 valence electrons. The average molecular weight is 396 g/mol. The lowest BCUT2D eigenvalue weighted by atomic mass is 9.71. The standard InChI is InChI=1S/C23H22ClNO3/c1-22(15-26)13-19-11-12-20(25(19)14-22)23(21(27)28,16-5-3-2-4-6-16)17-7-9-18(24)10-8-17/h2-12,26H,13-15H2,1H3,(H,27,28). The van der Waals surface area contributed by atoms with E-state index in [1.165, 1.54) is 0 Å². The van der Waals surface area contributed by atoms with Crippen molar-refractivity contribution in [3.8, 4) is 0 Å². The first-order valence-corrected chi connectivity index (χ1v) is 9.63. The molecule has 4 nitrogen and oxygen atoms in total. The number of carboxylic acid groups (broad SMARTS) is 1. The van der Waals surface area contributed by atoms with Crippen LogP contribution in [-0.2, 0) is 23.2 Å². The van der Waals surface area contributed by atoms with E-state index in [1.54, 1.807) is 24.3 Å². The number of hydrogen-bond donors (Lipinski definition) is 2. The molecule has 2 atom stereocenters. The monoisotopic (exact) mass is 395 g/mol. The Morgan fingerprint density at radius 3 is 2.32 bits per heavy atom. The van der Waals surface area contributed by atoms with Crippen molar-refractivity contribution in [2.75, 3.05) is 6.61 Å². The Balaban J connectivity index is 2.01. The second kappa shape index (κ2) is 6.80. The van der Waals surface area contributed by atoms with E-state index in [0.717, 1.165) is 5.69 Å². The largest absolute Gasteiger partial charge is 0.480 e. The van der Waals surface area contributed by atoms with Gasteiger partial charge in [-0.15, -0.1) is 0 Å². The molecule has 1 aromatic heterocycles. The fraction of sp³-hybridized carbons (Fsp3) is 0.261. The van der Waals surface area contributed by atoms with Crippen LogP contribution in [0.3, 0.4) is 0 Å². The van der Waals surface area contributed by atoms with Crippen LogP contribution >= 0.6 is 11.6 Å². The Labute approximate surface area is 169 Å². The molecule has 2 heterocycles. The maximum Gasteiger partial charge on any atom is 0.324 e. The third kappa shape index (κ3) is 2.76. The number of rotatable bonds is 5. The minimum atomic E-state index is -1.37. The van der Waals surface area contributed by atoms with Gasteiger partial charge in [-0.05, 0) is 41.8 Å². The third-order valence-electron chi connectivity index (χ3n) is 5.79. The van der Waals surface area contributed by atoms with E-state index in [4.69, 9.17) is 11.6 Å². The predicted octanol–water partition coefficient (Wildman–Crippen LogP) is 4.12. The van der Waals surface area contributed by atoms with E-state index >= 15 is 0 Å². The molecule has 1 aliphatic rings. The Morgan fingerprint density at radius 1 is 1.07 bits per heavy atom. The number of aliphatic hydroxyl groups is 1. The molecule has 0 spiro atoms. The molecule has 0 saturated heterocycles. The highest BCUT2D eigenvalue weighted by Crippen LogP contribution is 2.44. The molecule has 0 saturated carbocycles. The van der Waals surface area contributed by atoms with Gasteiger partial charge in [0.25, 0.3) is 0 Å². The Kier molecular flexibility index (Phi) is 4.56. The van der Waals surface area contributed by atoms with Gasteiger partial charge in [0.05, 0.1) is 6.61 Å². The van der Waals surface area contributed by atoms with Crippen LogP contribution in [0, 0.1) is 5.41 Å². The highest BCUT2D eigenvalue weighted by molar-refractivity contribution is 6.30. The maximum atomic E-state index is 12.9. The molecule has 1 aliphatic heterocycles. The molecule has 0 amide bonds. The lowest BCUT2D eigenvalue weighted by Crippen LogP contribution is -2.40.